The van der Waals surface area contributed by atoms with Crippen LogP contribution in [-0.4, -0.2) is 43.7 Å². The van der Waals surface area contributed by atoms with Gasteiger partial charge >= 0.3 is 0 Å². The summed E-state index contributed by atoms with van der Waals surface area (Å²) in [6, 6.07) is 19.7. The van der Waals surface area contributed by atoms with E-state index in [0.29, 0.717) is 5.56 Å². The van der Waals surface area contributed by atoms with Crippen LogP contribution in [0.15, 0.2) is 77.4 Å². The van der Waals surface area contributed by atoms with Gasteiger partial charge in [0.2, 0.25) is 5.82 Å². The molecule has 2 heterocycles. The summed E-state index contributed by atoms with van der Waals surface area (Å²) in [5.74, 6) is -0.832. The van der Waals surface area contributed by atoms with Crippen molar-refractivity contribution in [2.75, 3.05) is 0 Å². The summed E-state index contributed by atoms with van der Waals surface area (Å²) in [6.07, 6.45) is 0.406. The maximum atomic E-state index is 15.1. The van der Waals surface area contributed by atoms with Crippen LogP contribution in [0.1, 0.15) is 48.0 Å². The number of hydrogen-bond donors (Lipinski definition) is 1. The smallest absolute Gasteiger partial charge is 0.295 e. The molecule has 0 fully saturated rings. The Hall–Kier alpha value is -5.19. The molecule has 42 heavy (non-hydrogen) atoms. The molecule has 1 N–H and O–H groups in total. The Labute approximate surface area is 241 Å². The van der Waals surface area contributed by atoms with Crippen molar-refractivity contribution in [1.29, 1.82) is 0 Å². The molecule has 5 aromatic rings. The Balaban J connectivity index is 1.26. The Morgan fingerprint density at radius 3 is 2.50 bits per heavy atom. The van der Waals surface area contributed by atoms with Crippen LogP contribution in [0.3, 0.4) is 0 Å². The van der Waals surface area contributed by atoms with Crippen LogP contribution in [0.5, 0.6) is 0 Å². The second kappa shape index (κ2) is 11.7. The highest BCUT2D eigenvalue weighted by Crippen LogP contribution is 2.26. The fourth-order valence-corrected chi connectivity index (χ4v) is 4.26. The van der Waals surface area contributed by atoms with Gasteiger partial charge < -0.3 is 14.6 Å². The molecule has 214 valence electrons. The first-order valence-corrected chi connectivity index (χ1v) is 13.2. The van der Waals surface area contributed by atoms with E-state index in [-0.39, 0.29) is 41.3 Å². The van der Waals surface area contributed by atoms with Crippen molar-refractivity contribution < 1.29 is 23.2 Å². The number of aromatic nitrogens is 5. The van der Waals surface area contributed by atoms with E-state index in [1.807, 2.05) is 55.5 Å². The van der Waals surface area contributed by atoms with Gasteiger partial charge in [0.1, 0.15) is 5.82 Å². The number of hydrogen-bond acceptors (Lipinski definition) is 8. The van der Waals surface area contributed by atoms with E-state index >= 15 is 4.39 Å². The van der Waals surface area contributed by atoms with E-state index in [1.165, 1.54) is 23.0 Å². The van der Waals surface area contributed by atoms with E-state index < -0.39 is 18.0 Å². The summed E-state index contributed by atoms with van der Waals surface area (Å²) in [5.41, 5.74) is 4.34. The molecule has 5 rings (SSSR count). The zero-order chi connectivity index (χ0) is 29.9. The number of rotatable bonds is 9. The molecular weight excluding hydrogens is 539 g/mol. The Morgan fingerprint density at radius 2 is 1.83 bits per heavy atom. The maximum Gasteiger partial charge on any atom is 0.295 e. The lowest BCUT2D eigenvalue weighted by Gasteiger charge is -2.19. The minimum Gasteiger partial charge on any atom is -0.444 e. The number of nitrogens with one attached hydrogen (secondary N) is 1. The summed E-state index contributed by atoms with van der Waals surface area (Å²) in [6.45, 7) is 8.55. The Morgan fingerprint density at radius 1 is 1.10 bits per heavy atom. The van der Waals surface area contributed by atoms with Gasteiger partial charge in [-0.3, -0.25) is 9.59 Å². The lowest BCUT2D eigenvalue weighted by Crippen LogP contribution is -2.38. The van der Waals surface area contributed by atoms with Crippen molar-refractivity contribution in [3.05, 3.63) is 101 Å². The van der Waals surface area contributed by atoms with Crippen molar-refractivity contribution in [1.82, 2.24) is 30.5 Å². The molecule has 0 unspecified atom stereocenters. The fourth-order valence-electron chi connectivity index (χ4n) is 4.26. The summed E-state index contributed by atoms with van der Waals surface area (Å²) in [5, 5.41) is 14.5. The number of ether oxygens (including phenoxy) is 1. The molecular formula is C31H29FN6O4. The highest BCUT2D eigenvalue weighted by molar-refractivity contribution is 5.92. The highest BCUT2D eigenvalue weighted by Gasteiger charge is 2.21. The molecule has 0 aliphatic rings. The van der Waals surface area contributed by atoms with Gasteiger partial charge in [0.15, 0.2) is 11.9 Å². The number of aryl methyl sites for hydroxylation is 1. The van der Waals surface area contributed by atoms with Gasteiger partial charge in [-0.15, -0.1) is 5.10 Å². The molecule has 0 aliphatic carbocycles. The van der Waals surface area contributed by atoms with Gasteiger partial charge in [-0.25, -0.2) is 9.07 Å². The largest absolute Gasteiger partial charge is 0.444 e. The highest BCUT2D eigenvalue weighted by atomic mass is 19.1. The van der Waals surface area contributed by atoms with Crippen LogP contribution < -0.4 is 5.32 Å². The van der Waals surface area contributed by atoms with Gasteiger partial charge in [-0.05, 0) is 59.9 Å². The summed E-state index contributed by atoms with van der Waals surface area (Å²) >= 11 is 0. The molecule has 10 nitrogen and oxygen atoms in total. The van der Waals surface area contributed by atoms with Crippen molar-refractivity contribution >= 4 is 12.4 Å². The number of carbonyl (C=O) groups is 2. The standard InChI is InChI=1S/C31H29FN6O4/c1-19-5-8-21(9-6-19)30-34-28(36-42-30)24-14-7-20(15-25(24)32)16-27(41-18-39)33-29(40)26-17-38(37-35-26)23-12-10-22(11-13-23)31(2,3)4/h5-15,17-18,27H,16H2,1-4H3,(H,33,40)/t27-/m0/s1. The SMILES string of the molecule is Cc1ccc(-c2nc(-c3ccc(C[C@@H](NC(=O)c4cn(-c5ccc(C(C)(C)C)cc5)nn4)OC=O)cc3F)no2)cc1. The minimum atomic E-state index is -1.07. The molecule has 0 spiro atoms. The Bertz CT molecular complexity index is 1700. The van der Waals surface area contributed by atoms with Crippen LogP contribution in [0.25, 0.3) is 28.5 Å². The topological polar surface area (TPSA) is 125 Å². The van der Waals surface area contributed by atoms with Crippen LogP contribution in [0.4, 0.5) is 4.39 Å². The second-order valence-electron chi connectivity index (χ2n) is 10.8. The van der Waals surface area contributed by atoms with E-state index in [4.69, 9.17) is 9.26 Å². The normalized spacial score (nSPS) is 12.1. The zero-order valence-corrected chi connectivity index (χ0v) is 23.5. The van der Waals surface area contributed by atoms with Crippen LogP contribution in [-0.2, 0) is 21.4 Å². The van der Waals surface area contributed by atoms with E-state index in [9.17, 15) is 9.59 Å². The lowest BCUT2D eigenvalue weighted by molar-refractivity contribution is -0.134. The molecule has 1 amide bonds. The molecule has 3 aromatic carbocycles. The third-order valence-electron chi connectivity index (χ3n) is 6.66. The lowest BCUT2D eigenvalue weighted by atomic mass is 9.87. The molecule has 0 aliphatic heterocycles. The summed E-state index contributed by atoms with van der Waals surface area (Å²) in [4.78, 5) is 28.3. The van der Waals surface area contributed by atoms with E-state index in [1.54, 1.807) is 6.07 Å². The van der Waals surface area contributed by atoms with Gasteiger partial charge in [0.05, 0.1) is 17.4 Å². The van der Waals surface area contributed by atoms with Crippen LogP contribution in [0.2, 0.25) is 0 Å². The van der Waals surface area contributed by atoms with Crippen molar-refractivity contribution in [3.8, 4) is 28.5 Å². The fraction of sp³-hybridized carbons (Fsp3) is 0.226. The number of nitrogens with zero attached hydrogens (tertiary/aromatic N) is 5. The number of benzene rings is 3. The predicted molar refractivity (Wildman–Crippen MR) is 152 cm³/mol. The predicted octanol–water partition coefficient (Wildman–Crippen LogP) is 5.20. The van der Waals surface area contributed by atoms with Crippen molar-refractivity contribution in [3.63, 3.8) is 0 Å². The van der Waals surface area contributed by atoms with E-state index in [0.717, 1.165) is 22.4 Å². The molecule has 0 bridgehead atoms. The van der Waals surface area contributed by atoms with Crippen LogP contribution >= 0.6 is 0 Å². The first-order chi connectivity index (χ1) is 20.1. The minimum absolute atomic E-state index is 0.00101. The summed E-state index contributed by atoms with van der Waals surface area (Å²) < 4.78 is 26.9. The maximum absolute atomic E-state index is 15.1. The average Bonchev–Trinajstić information content (AvgIpc) is 3.64. The Kier molecular flexibility index (Phi) is 7.92. The average molecular weight is 569 g/mol. The molecule has 1 atom stereocenters. The molecule has 2 aromatic heterocycles. The van der Waals surface area contributed by atoms with Crippen molar-refractivity contribution in [2.45, 2.75) is 45.8 Å². The van der Waals surface area contributed by atoms with Gasteiger partial charge in [-0.2, -0.15) is 4.98 Å². The quantitative estimate of drug-likeness (QED) is 0.190. The van der Waals surface area contributed by atoms with Gasteiger partial charge in [0.25, 0.3) is 18.3 Å². The van der Waals surface area contributed by atoms with Gasteiger partial charge in [0, 0.05) is 12.0 Å². The molecule has 0 saturated heterocycles. The zero-order valence-electron chi connectivity index (χ0n) is 23.5. The van der Waals surface area contributed by atoms with Gasteiger partial charge in [-0.1, -0.05) is 67.0 Å². The summed E-state index contributed by atoms with van der Waals surface area (Å²) in [7, 11) is 0. The molecule has 0 saturated carbocycles. The van der Waals surface area contributed by atoms with Crippen LogP contribution in [0, 0.1) is 12.7 Å². The first kappa shape index (κ1) is 28.3. The van der Waals surface area contributed by atoms with E-state index in [2.05, 4.69) is 46.5 Å². The number of carbonyl (C=O) groups excluding carboxylic acids is 2. The first-order valence-electron chi connectivity index (χ1n) is 13.2. The molecule has 0 radical (unpaired) electrons. The third kappa shape index (κ3) is 6.41. The van der Waals surface area contributed by atoms with Crippen molar-refractivity contribution in [2.24, 2.45) is 0 Å². The molecule has 11 heteroatoms. The number of amides is 1. The second-order valence-corrected chi connectivity index (χ2v) is 10.8. The monoisotopic (exact) mass is 568 g/mol. The number of halogens is 1. The third-order valence-corrected chi connectivity index (χ3v) is 6.66.